The molecule has 2 aliphatic rings. The maximum absolute atomic E-state index is 12.4. The monoisotopic (exact) mass is 332 g/mol. The number of hydrogen-bond donors (Lipinski definition) is 2. The normalized spacial score (nSPS) is 28.5. The molecule has 0 bridgehead atoms. The molecule has 1 aromatic rings. The van der Waals surface area contributed by atoms with E-state index in [0.29, 0.717) is 25.6 Å². The summed E-state index contributed by atoms with van der Waals surface area (Å²) in [4.78, 5) is 14.7. The van der Waals surface area contributed by atoms with E-state index in [1.54, 1.807) is 0 Å². The van der Waals surface area contributed by atoms with Gasteiger partial charge < -0.3 is 15.2 Å². The van der Waals surface area contributed by atoms with Crippen LogP contribution < -0.4 is 5.32 Å². The fraction of sp³-hybridized carbons (Fsp3) is 0.632. The highest BCUT2D eigenvalue weighted by molar-refractivity contribution is 5.81. The fourth-order valence-corrected chi connectivity index (χ4v) is 3.65. The molecule has 3 atom stereocenters. The molecule has 2 N–H and O–H groups in total. The second-order valence-electron chi connectivity index (χ2n) is 7.01. The fourth-order valence-electron chi connectivity index (χ4n) is 3.65. The van der Waals surface area contributed by atoms with E-state index in [0.717, 1.165) is 38.8 Å². The Labute approximate surface area is 144 Å². The molecule has 5 heteroatoms. The van der Waals surface area contributed by atoms with Gasteiger partial charge in [0.05, 0.1) is 12.7 Å². The minimum Gasteiger partial charge on any atom is -0.393 e. The summed E-state index contributed by atoms with van der Waals surface area (Å²) in [6, 6.07) is 10.3. The van der Waals surface area contributed by atoms with Gasteiger partial charge in [-0.1, -0.05) is 36.8 Å². The number of rotatable bonds is 5. The van der Waals surface area contributed by atoms with Crippen molar-refractivity contribution < 1.29 is 14.6 Å². The van der Waals surface area contributed by atoms with Gasteiger partial charge in [0.15, 0.2) is 0 Å². The first-order valence-corrected chi connectivity index (χ1v) is 9.04. The lowest BCUT2D eigenvalue weighted by Gasteiger charge is -2.33. The SMILES string of the molecule is O=C(NCC1CCCC(O)C1)C1CN(Cc2ccccc2)CCO1. The Hall–Kier alpha value is -1.43. The lowest BCUT2D eigenvalue weighted by Crippen LogP contribution is -2.50. The van der Waals surface area contributed by atoms with E-state index >= 15 is 0 Å². The summed E-state index contributed by atoms with van der Waals surface area (Å²) in [7, 11) is 0. The lowest BCUT2D eigenvalue weighted by molar-refractivity contribution is -0.139. The number of amides is 1. The second-order valence-corrected chi connectivity index (χ2v) is 7.01. The first-order chi connectivity index (χ1) is 11.7. The summed E-state index contributed by atoms with van der Waals surface area (Å²) in [6.07, 6.45) is 3.23. The number of nitrogens with zero attached hydrogens (tertiary/aromatic N) is 1. The van der Waals surface area contributed by atoms with E-state index < -0.39 is 6.10 Å². The number of aliphatic hydroxyl groups excluding tert-OH is 1. The van der Waals surface area contributed by atoms with Crippen LogP contribution in [0.3, 0.4) is 0 Å². The average Bonchev–Trinajstić information content (AvgIpc) is 2.61. The van der Waals surface area contributed by atoms with E-state index in [2.05, 4.69) is 22.3 Å². The molecule has 0 radical (unpaired) electrons. The van der Waals surface area contributed by atoms with Crippen LogP contribution in [-0.4, -0.2) is 54.4 Å². The quantitative estimate of drug-likeness (QED) is 0.859. The highest BCUT2D eigenvalue weighted by Crippen LogP contribution is 2.23. The number of nitrogens with one attached hydrogen (secondary N) is 1. The molecular weight excluding hydrogens is 304 g/mol. The van der Waals surface area contributed by atoms with Crippen molar-refractivity contribution in [1.82, 2.24) is 10.2 Å². The van der Waals surface area contributed by atoms with Crippen molar-refractivity contribution in [3.63, 3.8) is 0 Å². The maximum Gasteiger partial charge on any atom is 0.250 e. The van der Waals surface area contributed by atoms with Crippen molar-refractivity contribution in [3.8, 4) is 0 Å². The highest BCUT2D eigenvalue weighted by Gasteiger charge is 2.28. The van der Waals surface area contributed by atoms with Crippen LogP contribution in [-0.2, 0) is 16.1 Å². The summed E-state index contributed by atoms with van der Waals surface area (Å²) in [5.74, 6) is 0.370. The van der Waals surface area contributed by atoms with Gasteiger partial charge in [0, 0.05) is 26.2 Å². The number of aliphatic hydroxyl groups is 1. The minimum atomic E-state index is -0.393. The van der Waals surface area contributed by atoms with Crippen molar-refractivity contribution in [2.45, 2.75) is 44.4 Å². The minimum absolute atomic E-state index is 0.0205. The maximum atomic E-state index is 12.4. The van der Waals surface area contributed by atoms with Gasteiger partial charge in [-0.25, -0.2) is 0 Å². The van der Waals surface area contributed by atoms with Crippen molar-refractivity contribution >= 4 is 5.91 Å². The van der Waals surface area contributed by atoms with E-state index in [9.17, 15) is 9.90 Å². The smallest absolute Gasteiger partial charge is 0.250 e. The first kappa shape index (κ1) is 17.4. The Morgan fingerprint density at radius 2 is 2.12 bits per heavy atom. The second kappa shape index (κ2) is 8.60. The van der Waals surface area contributed by atoms with Gasteiger partial charge in [-0.3, -0.25) is 9.69 Å². The summed E-state index contributed by atoms with van der Waals surface area (Å²) in [5.41, 5.74) is 1.26. The van der Waals surface area contributed by atoms with Crippen molar-refractivity contribution in [1.29, 1.82) is 0 Å². The van der Waals surface area contributed by atoms with Gasteiger partial charge >= 0.3 is 0 Å². The van der Waals surface area contributed by atoms with Crippen molar-refractivity contribution in [2.75, 3.05) is 26.2 Å². The van der Waals surface area contributed by atoms with Crippen LogP contribution in [0.1, 0.15) is 31.2 Å². The van der Waals surface area contributed by atoms with Crippen LogP contribution in [0.25, 0.3) is 0 Å². The third kappa shape index (κ3) is 5.03. The van der Waals surface area contributed by atoms with E-state index in [4.69, 9.17) is 4.74 Å². The molecule has 5 nitrogen and oxygen atoms in total. The van der Waals surface area contributed by atoms with E-state index in [1.165, 1.54) is 5.56 Å². The molecule has 2 fully saturated rings. The van der Waals surface area contributed by atoms with Gasteiger partial charge in [-0.15, -0.1) is 0 Å². The van der Waals surface area contributed by atoms with E-state index in [-0.39, 0.29) is 12.0 Å². The number of hydrogen-bond acceptors (Lipinski definition) is 4. The number of benzene rings is 1. The molecule has 1 amide bonds. The topological polar surface area (TPSA) is 61.8 Å². The van der Waals surface area contributed by atoms with Gasteiger partial charge in [-0.2, -0.15) is 0 Å². The predicted molar refractivity (Wildman–Crippen MR) is 92.4 cm³/mol. The molecule has 1 aliphatic heterocycles. The van der Waals surface area contributed by atoms with Crippen LogP contribution in [0.5, 0.6) is 0 Å². The Morgan fingerprint density at radius 3 is 2.92 bits per heavy atom. The molecular formula is C19H28N2O3. The Morgan fingerprint density at radius 1 is 1.29 bits per heavy atom. The van der Waals surface area contributed by atoms with Crippen LogP contribution in [0.15, 0.2) is 30.3 Å². The molecule has 3 unspecified atom stereocenters. The Kier molecular flexibility index (Phi) is 6.24. The van der Waals surface area contributed by atoms with Gasteiger partial charge in [-0.05, 0) is 30.7 Å². The molecule has 1 heterocycles. The molecule has 0 aromatic heterocycles. The highest BCUT2D eigenvalue weighted by atomic mass is 16.5. The van der Waals surface area contributed by atoms with Crippen molar-refractivity contribution in [2.24, 2.45) is 5.92 Å². The molecule has 1 aromatic carbocycles. The zero-order chi connectivity index (χ0) is 16.8. The summed E-state index contributed by atoms with van der Waals surface area (Å²) in [6.45, 7) is 3.58. The number of morpholine rings is 1. The molecule has 24 heavy (non-hydrogen) atoms. The van der Waals surface area contributed by atoms with Crippen LogP contribution in [0, 0.1) is 5.92 Å². The molecule has 1 saturated heterocycles. The third-order valence-corrected chi connectivity index (χ3v) is 5.01. The van der Waals surface area contributed by atoms with Gasteiger partial charge in [0.25, 0.3) is 0 Å². The number of carbonyl (C=O) groups excluding carboxylic acids is 1. The summed E-state index contributed by atoms with van der Waals surface area (Å²) in [5, 5.41) is 12.7. The van der Waals surface area contributed by atoms with E-state index in [1.807, 2.05) is 18.2 Å². The van der Waals surface area contributed by atoms with Crippen LogP contribution in [0.2, 0.25) is 0 Å². The zero-order valence-electron chi connectivity index (χ0n) is 14.2. The first-order valence-electron chi connectivity index (χ1n) is 9.04. The largest absolute Gasteiger partial charge is 0.393 e. The summed E-state index contributed by atoms with van der Waals surface area (Å²) >= 11 is 0. The average molecular weight is 332 g/mol. The zero-order valence-corrected chi connectivity index (χ0v) is 14.2. The van der Waals surface area contributed by atoms with Crippen molar-refractivity contribution in [3.05, 3.63) is 35.9 Å². The summed E-state index contributed by atoms with van der Waals surface area (Å²) < 4.78 is 5.67. The predicted octanol–water partition coefficient (Wildman–Crippen LogP) is 1.55. The molecule has 1 saturated carbocycles. The molecule has 132 valence electrons. The number of carbonyl (C=O) groups is 1. The van der Waals surface area contributed by atoms with Crippen LogP contribution in [0.4, 0.5) is 0 Å². The van der Waals surface area contributed by atoms with Crippen LogP contribution >= 0.6 is 0 Å². The Balaban J connectivity index is 1.44. The standard InChI is InChI=1S/C19H28N2O3/c22-17-8-4-7-16(11-17)12-20-19(23)18-14-21(9-10-24-18)13-15-5-2-1-3-6-15/h1-3,5-6,16-18,22H,4,7-14H2,(H,20,23). The number of ether oxygens (including phenoxy) is 1. The molecule has 3 rings (SSSR count). The van der Waals surface area contributed by atoms with Gasteiger partial charge in [0.1, 0.15) is 6.10 Å². The lowest BCUT2D eigenvalue weighted by atomic mass is 9.87. The Bertz CT molecular complexity index is 523. The van der Waals surface area contributed by atoms with Gasteiger partial charge in [0.2, 0.25) is 5.91 Å². The molecule has 0 spiro atoms. The third-order valence-electron chi connectivity index (χ3n) is 5.01. The molecule has 1 aliphatic carbocycles.